The summed E-state index contributed by atoms with van der Waals surface area (Å²) in [7, 11) is 1.63. The Balaban J connectivity index is 1.56. The molecule has 0 N–H and O–H groups in total. The van der Waals surface area contributed by atoms with Gasteiger partial charge in [-0.25, -0.2) is 4.98 Å². The SMILES string of the molecule is COc1cccc2sc(N(Cc3ccco3)C(=O)c3ccc4c(c3)CCCC4)nc12. The van der Waals surface area contributed by atoms with Crippen LogP contribution in [0.25, 0.3) is 10.2 Å². The fourth-order valence-corrected chi connectivity index (χ4v) is 4.98. The number of aromatic nitrogens is 1. The third kappa shape index (κ3) is 3.48. The number of para-hydroxylation sites is 1. The van der Waals surface area contributed by atoms with Crippen molar-refractivity contribution in [2.24, 2.45) is 0 Å². The lowest BCUT2D eigenvalue weighted by Crippen LogP contribution is -2.30. The summed E-state index contributed by atoms with van der Waals surface area (Å²) in [6.45, 7) is 0.324. The number of rotatable bonds is 5. The van der Waals surface area contributed by atoms with E-state index < -0.39 is 0 Å². The van der Waals surface area contributed by atoms with Crippen molar-refractivity contribution in [3.8, 4) is 5.75 Å². The lowest BCUT2D eigenvalue weighted by molar-refractivity contribution is 0.0983. The first-order valence-electron chi connectivity index (χ1n) is 10.1. The minimum Gasteiger partial charge on any atom is -0.494 e. The van der Waals surface area contributed by atoms with Crippen LogP contribution in [0.2, 0.25) is 0 Å². The average molecular weight is 419 g/mol. The summed E-state index contributed by atoms with van der Waals surface area (Å²) in [5.41, 5.74) is 4.10. The summed E-state index contributed by atoms with van der Waals surface area (Å²) >= 11 is 1.48. The van der Waals surface area contributed by atoms with Crippen molar-refractivity contribution < 1.29 is 13.9 Å². The molecule has 0 fully saturated rings. The van der Waals surface area contributed by atoms with Gasteiger partial charge in [-0.15, -0.1) is 0 Å². The molecule has 6 heteroatoms. The van der Waals surface area contributed by atoms with Crippen molar-refractivity contribution in [3.05, 3.63) is 77.2 Å². The van der Waals surface area contributed by atoms with Gasteiger partial charge in [-0.1, -0.05) is 23.5 Å². The first-order chi connectivity index (χ1) is 14.7. The number of fused-ring (bicyclic) bond motifs is 2. The third-order valence-electron chi connectivity index (χ3n) is 5.56. The van der Waals surface area contributed by atoms with E-state index in [1.54, 1.807) is 18.3 Å². The highest BCUT2D eigenvalue weighted by molar-refractivity contribution is 7.22. The van der Waals surface area contributed by atoms with E-state index in [1.807, 2.05) is 36.4 Å². The first kappa shape index (κ1) is 18.9. The van der Waals surface area contributed by atoms with Gasteiger partial charge in [0, 0.05) is 5.56 Å². The van der Waals surface area contributed by atoms with Gasteiger partial charge >= 0.3 is 0 Å². The number of nitrogens with zero attached hydrogens (tertiary/aromatic N) is 2. The number of amides is 1. The van der Waals surface area contributed by atoms with Crippen LogP contribution in [0.5, 0.6) is 5.75 Å². The van der Waals surface area contributed by atoms with E-state index in [-0.39, 0.29) is 5.91 Å². The van der Waals surface area contributed by atoms with Crippen molar-refractivity contribution in [2.45, 2.75) is 32.2 Å². The van der Waals surface area contributed by atoms with Crippen molar-refractivity contribution in [3.63, 3.8) is 0 Å². The quantitative estimate of drug-likeness (QED) is 0.422. The molecule has 0 radical (unpaired) electrons. The van der Waals surface area contributed by atoms with E-state index in [0.717, 1.165) is 23.1 Å². The largest absolute Gasteiger partial charge is 0.494 e. The number of benzene rings is 2. The highest BCUT2D eigenvalue weighted by atomic mass is 32.1. The number of hydrogen-bond acceptors (Lipinski definition) is 5. The van der Waals surface area contributed by atoms with E-state index in [1.165, 1.54) is 35.3 Å². The van der Waals surface area contributed by atoms with E-state index in [2.05, 4.69) is 12.1 Å². The Bertz CT molecular complexity index is 1200. The zero-order valence-electron chi connectivity index (χ0n) is 16.8. The second kappa shape index (κ2) is 7.95. The molecule has 2 aromatic heterocycles. The Labute approximate surface area is 178 Å². The molecule has 1 aliphatic rings. The maximum Gasteiger partial charge on any atom is 0.260 e. The predicted octanol–water partition coefficient (Wildman–Crippen LogP) is 5.62. The summed E-state index contributed by atoms with van der Waals surface area (Å²) in [6, 6.07) is 15.6. The zero-order chi connectivity index (χ0) is 20.5. The Morgan fingerprint density at radius 1 is 1.13 bits per heavy atom. The van der Waals surface area contributed by atoms with Crippen LogP contribution in [0.15, 0.2) is 59.2 Å². The van der Waals surface area contributed by atoms with E-state index in [4.69, 9.17) is 14.1 Å². The minimum atomic E-state index is -0.0715. The first-order valence-corrected chi connectivity index (χ1v) is 10.9. The lowest BCUT2D eigenvalue weighted by atomic mass is 9.90. The average Bonchev–Trinajstić information content (AvgIpc) is 3.46. The number of hydrogen-bond donors (Lipinski definition) is 0. The number of carbonyl (C=O) groups excluding carboxylic acids is 1. The van der Waals surface area contributed by atoms with E-state index >= 15 is 0 Å². The van der Waals surface area contributed by atoms with Crippen molar-refractivity contribution in [2.75, 3.05) is 12.0 Å². The normalized spacial score (nSPS) is 13.2. The Morgan fingerprint density at radius 3 is 2.80 bits per heavy atom. The number of furan rings is 1. The minimum absolute atomic E-state index is 0.0715. The van der Waals surface area contributed by atoms with Gasteiger partial charge in [-0.05, 0) is 73.2 Å². The molecule has 5 nitrogen and oxygen atoms in total. The summed E-state index contributed by atoms with van der Waals surface area (Å²) in [6.07, 6.45) is 6.15. The highest BCUT2D eigenvalue weighted by Gasteiger charge is 2.24. The van der Waals surface area contributed by atoms with E-state index in [9.17, 15) is 4.79 Å². The molecule has 2 aromatic carbocycles. The summed E-state index contributed by atoms with van der Waals surface area (Å²) in [5.74, 6) is 1.35. The van der Waals surface area contributed by atoms with Gasteiger partial charge < -0.3 is 9.15 Å². The van der Waals surface area contributed by atoms with Gasteiger partial charge in [0.15, 0.2) is 5.13 Å². The van der Waals surface area contributed by atoms with Crippen LogP contribution < -0.4 is 9.64 Å². The standard InChI is InChI=1S/C24H22N2O3S/c1-28-20-9-4-10-21-22(20)25-24(30-21)26(15-19-8-5-13-29-19)23(27)18-12-11-16-6-2-3-7-17(16)14-18/h4-5,8-14H,2-3,6-7,15H2,1H3. The Kier molecular flexibility index (Phi) is 5.01. The molecule has 4 aromatic rings. The molecule has 2 heterocycles. The van der Waals surface area contributed by atoms with Gasteiger partial charge in [-0.2, -0.15) is 0 Å². The smallest absolute Gasteiger partial charge is 0.260 e. The second-order valence-corrected chi connectivity index (χ2v) is 8.47. The van der Waals surface area contributed by atoms with Gasteiger partial charge in [0.1, 0.15) is 17.0 Å². The molecule has 1 amide bonds. The summed E-state index contributed by atoms with van der Waals surface area (Å²) in [4.78, 5) is 20.1. The van der Waals surface area contributed by atoms with Gasteiger partial charge in [0.2, 0.25) is 0 Å². The fraction of sp³-hybridized carbons (Fsp3) is 0.250. The molecule has 5 rings (SSSR count). The fourth-order valence-electron chi connectivity index (χ4n) is 4.00. The second-order valence-electron chi connectivity index (χ2n) is 7.46. The number of thiazole rings is 1. The van der Waals surface area contributed by atoms with Gasteiger partial charge in [-0.3, -0.25) is 9.69 Å². The molecule has 1 aliphatic carbocycles. The summed E-state index contributed by atoms with van der Waals surface area (Å²) in [5, 5.41) is 0.633. The zero-order valence-corrected chi connectivity index (χ0v) is 17.6. The van der Waals surface area contributed by atoms with Crippen LogP contribution >= 0.6 is 11.3 Å². The van der Waals surface area contributed by atoms with Gasteiger partial charge in [0.25, 0.3) is 5.91 Å². The molecule has 30 heavy (non-hydrogen) atoms. The summed E-state index contributed by atoms with van der Waals surface area (Å²) < 4.78 is 12.0. The number of methoxy groups -OCH3 is 1. The third-order valence-corrected chi connectivity index (χ3v) is 6.60. The van der Waals surface area contributed by atoms with Crippen LogP contribution in [0, 0.1) is 0 Å². The van der Waals surface area contributed by atoms with Crippen molar-refractivity contribution in [1.82, 2.24) is 4.98 Å². The van der Waals surface area contributed by atoms with Crippen LogP contribution in [0.1, 0.15) is 40.1 Å². The number of aryl methyl sites for hydroxylation is 2. The van der Waals surface area contributed by atoms with Crippen LogP contribution in [-0.4, -0.2) is 18.0 Å². The lowest BCUT2D eigenvalue weighted by Gasteiger charge is -2.21. The molecular formula is C24H22N2O3S. The molecule has 152 valence electrons. The topological polar surface area (TPSA) is 55.6 Å². The molecule has 0 saturated heterocycles. The van der Waals surface area contributed by atoms with Crippen LogP contribution in [-0.2, 0) is 19.4 Å². The van der Waals surface area contributed by atoms with Gasteiger partial charge in [0.05, 0.1) is 24.6 Å². The molecular weight excluding hydrogens is 396 g/mol. The maximum atomic E-state index is 13.6. The van der Waals surface area contributed by atoms with Crippen molar-refractivity contribution in [1.29, 1.82) is 0 Å². The van der Waals surface area contributed by atoms with E-state index in [0.29, 0.717) is 28.7 Å². The highest BCUT2D eigenvalue weighted by Crippen LogP contribution is 2.35. The predicted molar refractivity (Wildman–Crippen MR) is 118 cm³/mol. The number of anilines is 1. The molecule has 0 aliphatic heterocycles. The number of ether oxygens (including phenoxy) is 1. The molecule has 0 saturated carbocycles. The monoisotopic (exact) mass is 418 g/mol. The Hall–Kier alpha value is -3.12. The number of carbonyl (C=O) groups is 1. The van der Waals surface area contributed by atoms with Crippen LogP contribution in [0.4, 0.5) is 5.13 Å². The van der Waals surface area contributed by atoms with Crippen LogP contribution in [0.3, 0.4) is 0 Å². The Morgan fingerprint density at radius 2 is 2.00 bits per heavy atom. The molecule has 0 unspecified atom stereocenters. The van der Waals surface area contributed by atoms with Crippen molar-refractivity contribution >= 4 is 32.6 Å². The molecule has 0 spiro atoms. The molecule has 0 bridgehead atoms. The molecule has 0 atom stereocenters. The maximum absolute atomic E-state index is 13.6.